The van der Waals surface area contributed by atoms with E-state index in [0.717, 1.165) is 17.9 Å². The third-order valence-electron chi connectivity index (χ3n) is 5.51. The third-order valence-corrected chi connectivity index (χ3v) is 5.51. The molecule has 0 aromatic heterocycles. The van der Waals surface area contributed by atoms with Crippen LogP contribution < -0.4 is 5.32 Å². The topological polar surface area (TPSA) is 15.3 Å². The lowest BCUT2D eigenvalue weighted by Crippen LogP contribution is -2.48. The second-order valence-electron chi connectivity index (χ2n) is 8.25. The second kappa shape index (κ2) is 7.26. The highest BCUT2D eigenvalue weighted by Crippen LogP contribution is 2.39. The van der Waals surface area contributed by atoms with E-state index in [4.69, 9.17) is 0 Å². The van der Waals surface area contributed by atoms with Gasteiger partial charge < -0.3 is 10.2 Å². The summed E-state index contributed by atoms with van der Waals surface area (Å²) in [5.74, 6) is 1.84. The van der Waals surface area contributed by atoms with Gasteiger partial charge in [0.15, 0.2) is 0 Å². The van der Waals surface area contributed by atoms with Crippen molar-refractivity contribution in [2.75, 3.05) is 26.7 Å². The van der Waals surface area contributed by atoms with Gasteiger partial charge in [-0.15, -0.1) is 0 Å². The lowest BCUT2D eigenvalue weighted by Gasteiger charge is -2.43. The van der Waals surface area contributed by atoms with Crippen LogP contribution in [0.3, 0.4) is 0 Å². The van der Waals surface area contributed by atoms with Gasteiger partial charge in [-0.05, 0) is 69.4 Å². The van der Waals surface area contributed by atoms with E-state index in [1.54, 1.807) is 0 Å². The maximum absolute atomic E-state index is 3.82. The summed E-state index contributed by atoms with van der Waals surface area (Å²) in [5, 5.41) is 3.82. The van der Waals surface area contributed by atoms with Crippen molar-refractivity contribution in [3.63, 3.8) is 0 Å². The van der Waals surface area contributed by atoms with Crippen molar-refractivity contribution in [3.05, 3.63) is 0 Å². The minimum atomic E-state index is 0.548. The van der Waals surface area contributed by atoms with Gasteiger partial charge in [-0.2, -0.15) is 0 Å². The first kappa shape index (κ1) is 16.3. The predicted octanol–water partition coefficient (Wildman–Crippen LogP) is 3.91. The van der Waals surface area contributed by atoms with Gasteiger partial charge in [0.25, 0.3) is 0 Å². The van der Waals surface area contributed by atoms with Gasteiger partial charge in [0.1, 0.15) is 0 Å². The summed E-state index contributed by atoms with van der Waals surface area (Å²) >= 11 is 0. The van der Waals surface area contributed by atoms with Crippen LogP contribution in [0.15, 0.2) is 0 Å². The Bertz CT molecular complexity index is 283. The largest absolute Gasteiger partial charge is 0.314 e. The quantitative estimate of drug-likeness (QED) is 0.760. The monoisotopic (exact) mass is 280 g/mol. The molecule has 0 amide bonds. The molecule has 2 heteroatoms. The van der Waals surface area contributed by atoms with Crippen LogP contribution in [0.4, 0.5) is 0 Å². The van der Waals surface area contributed by atoms with Gasteiger partial charge in [0, 0.05) is 19.1 Å². The second-order valence-corrected chi connectivity index (χ2v) is 8.25. The summed E-state index contributed by atoms with van der Waals surface area (Å²) in [6.45, 7) is 11.0. The van der Waals surface area contributed by atoms with Crippen LogP contribution in [0.5, 0.6) is 0 Å². The summed E-state index contributed by atoms with van der Waals surface area (Å²) in [6.07, 6.45) is 9.81. The molecule has 2 saturated carbocycles. The van der Waals surface area contributed by atoms with Gasteiger partial charge in [0.2, 0.25) is 0 Å². The van der Waals surface area contributed by atoms with E-state index in [0.29, 0.717) is 5.41 Å². The molecule has 20 heavy (non-hydrogen) atoms. The number of hydrogen-bond donors (Lipinski definition) is 1. The van der Waals surface area contributed by atoms with Crippen molar-refractivity contribution < 1.29 is 0 Å². The molecule has 0 aromatic carbocycles. The van der Waals surface area contributed by atoms with Gasteiger partial charge in [-0.25, -0.2) is 0 Å². The van der Waals surface area contributed by atoms with E-state index in [1.165, 1.54) is 64.6 Å². The summed E-state index contributed by atoms with van der Waals surface area (Å²) in [4.78, 5) is 2.62. The first-order valence-electron chi connectivity index (χ1n) is 8.92. The summed E-state index contributed by atoms with van der Waals surface area (Å²) < 4.78 is 0. The van der Waals surface area contributed by atoms with E-state index in [-0.39, 0.29) is 0 Å². The first-order chi connectivity index (χ1) is 9.50. The van der Waals surface area contributed by atoms with Gasteiger partial charge in [0.05, 0.1) is 0 Å². The molecule has 0 bridgehead atoms. The highest BCUT2D eigenvalue weighted by molar-refractivity contribution is 4.90. The molecule has 0 saturated heterocycles. The zero-order valence-electron chi connectivity index (χ0n) is 14.3. The molecule has 2 rings (SSSR count). The fourth-order valence-corrected chi connectivity index (χ4v) is 4.12. The van der Waals surface area contributed by atoms with Crippen LogP contribution in [0.25, 0.3) is 0 Å². The molecule has 0 aromatic rings. The molecule has 2 fully saturated rings. The Morgan fingerprint density at radius 3 is 2.50 bits per heavy atom. The number of rotatable bonds is 7. The Kier molecular flexibility index (Phi) is 5.92. The van der Waals surface area contributed by atoms with E-state index >= 15 is 0 Å². The van der Waals surface area contributed by atoms with Crippen molar-refractivity contribution >= 4 is 0 Å². The van der Waals surface area contributed by atoms with E-state index < -0.39 is 0 Å². The molecule has 0 spiro atoms. The van der Waals surface area contributed by atoms with Crippen LogP contribution in [0.1, 0.15) is 65.7 Å². The van der Waals surface area contributed by atoms with Crippen molar-refractivity contribution in [3.8, 4) is 0 Å². The maximum atomic E-state index is 3.82. The third kappa shape index (κ3) is 4.73. The summed E-state index contributed by atoms with van der Waals surface area (Å²) in [6, 6.07) is 0.756. The zero-order valence-corrected chi connectivity index (χ0v) is 14.3. The average Bonchev–Trinajstić information content (AvgIpc) is 2.32. The Morgan fingerprint density at radius 2 is 1.90 bits per heavy atom. The van der Waals surface area contributed by atoms with Crippen LogP contribution in [0, 0.1) is 17.3 Å². The minimum absolute atomic E-state index is 0.548. The van der Waals surface area contributed by atoms with Crippen molar-refractivity contribution in [2.45, 2.75) is 71.8 Å². The zero-order chi connectivity index (χ0) is 14.6. The molecule has 0 heterocycles. The molecular formula is C18H36N2. The van der Waals surface area contributed by atoms with Crippen LogP contribution in [-0.4, -0.2) is 37.6 Å². The molecule has 2 unspecified atom stereocenters. The molecule has 0 radical (unpaired) electrons. The van der Waals surface area contributed by atoms with Crippen LogP contribution in [0.2, 0.25) is 0 Å². The molecule has 2 atom stereocenters. The highest BCUT2D eigenvalue weighted by atomic mass is 15.1. The van der Waals surface area contributed by atoms with Gasteiger partial charge >= 0.3 is 0 Å². The van der Waals surface area contributed by atoms with Crippen molar-refractivity contribution in [1.82, 2.24) is 10.2 Å². The van der Waals surface area contributed by atoms with E-state index in [1.807, 2.05) is 0 Å². The Labute approximate surface area is 126 Å². The summed E-state index contributed by atoms with van der Waals surface area (Å²) in [7, 11) is 2.34. The fraction of sp³-hybridized carbons (Fsp3) is 1.00. The normalized spacial score (nSPS) is 30.4. The lowest BCUT2D eigenvalue weighted by molar-refractivity contribution is 0.0961. The fourth-order valence-electron chi connectivity index (χ4n) is 4.12. The Hall–Kier alpha value is -0.0800. The summed E-state index contributed by atoms with van der Waals surface area (Å²) in [5.41, 5.74) is 0.548. The Balaban J connectivity index is 1.84. The SMILES string of the molecule is CCCNC1CCC(C)(C)CC1CN(C)CC1CCC1. The van der Waals surface area contributed by atoms with Crippen molar-refractivity contribution in [2.24, 2.45) is 17.3 Å². The standard InChI is InChI=1S/C18H36N2/c1-5-11-19-17-9-10-18(2,3)12-16(17)14-20(4)13-15-7-6-8-15/h15-17,19H,5-14H2,1-4H3. The molecule has 2 nitrogen and oxygen atoms in total. The van der Waals surface area contributed by atoms with E-state index in [9.17, 15) is 0 Å². The van der Waals surface area contributed by atoms with Crippen molar-refractivity contribution in [1.29, 1.82) is 0 Å². The number of nitrogens with one attached hydrogen (secondary N) is 1. The molecule has 0 aliphatic heterocycles. The molecule has 2 aliphatic carbocycles. The lowest BCUT2D eigenvalue weighted by atomic mass is 9.69. The van der Waals surface area contributed by atoms with Crippen LogP contribution >= 0.6 is 0 Å². The molecule has 1 N–H and O–H groups in total. The smallest absolute Gasteiger partial charge is 0.0108 e. The van der Waals surface area contributed by atoms with Gasteiger partial charge in [-0.1, -0.05) is 27.2 Å². The maximum Gasteiger partial charge on any atom is 0.0108 e. The van der Waals surface area contributed by atoms with E-state index in [2.05, 4.69) is 38.0 Å². The molecule has 2 aliphatic rings. The molecular weight excluding hydrogens is 244 g/mol. The predicted molar refractivity (Wildman–Crippen MR) is 88.0 cm³/mol. The number of hydrogen-bond acceptors (Lipinski definition) is 2. The minimum Gasteiger partial charge on any atom is -0.314 e. The Morgan fingerprint density at radius 1 is 1.15 bits per heavy atom. The first-order valence-corrected chi connectivity index (χ1v) is 8.92. The highest BCUT2D eigenvalue weighted by Gasteiger charge is 2.35. The number of nitrogens with zero attached hydrogens (tertiary/aromatic N) is 1. The van der Waals surface area contributed by atoms with Crippen LogP contribution in [-0.2, 0) is 0 Å². The molecule has 118 valence electrons. The average molecular weight is 280 g/mol. The van der Waals surface area contributed by atoms with Gasteiger partial charge in [-0.3, -0.25) is 0 Å².